The molecule has 0 aromatic heterocycles. The van der Waals surface area contributed by atoms with Gasteiger partial charge in [0.1, 0.15) is 12.3 Å². The fourth-order valence-electron chi connectivity index (χ4n) is 4.08. The summed E-state index contributed by atoms with van der Waals surface area (Å²) in [4.78, 5) is 15.7. The van der Waals surface area contributed by atoms with E-state index in [4.69, 9.17) is 4.74 Å². The quantitative estimate of drug-likeness (QED) is 0.283. The molecular weight excluding hydrogens is 484 g/mol. The van der Waals surface area contributed by atoms with Crippen LogP contribution in [0, 0.1) is 6.92 Å². The highest BCUT2D eigenvalue weighted by atomic mass is 32.2. The third-order valence-corrected chi connectivity index (χ3v) is 7.77. The van der Waals surface area contributed by atoms with Crippen molar-refractivity contribution < 1.29 is 17.9 Å². The molecule has 0 aliphatic heterocycles. The van der Waals surface area contributed by atoms with E-state index in [2.05, 4.69) is 0 Å². The fourth-order valence-corrected chi connectivity index (χ4v) is 5.51. The first-order chi connectivity index (χ1) is 17.9. The maximum atomic E-state index is 13.9. The van der Waals surface area contributed by atoms with E-state index in [1.807, 2.05) is 73.7 Å². The molecule has 0 atom stereocenters. The summed E-state index contributed by atoms with van der Waals surface area (Å²) < 4.78 is 34.4. The number of methoxy groups -OCH3 is 1. The largest absolute Gasteiger partial charge is 0.495 e. The zero-order chi connectivity index (χ0) is 26.3. The Morgan fingerprint density at radius 1 is 0.757 bits per heavy atom. The maximum absolute atomic E-state index is 13.9. The van der Waals surface area contributed by atoms with Gasteiger partial charge < -0.3 is 9.64 Å². The molecule has 0 saturated heterocycles. The molecule has 0 radical (unpaired) electrons. The van der Waals surface area contributed by atoms with Crippen molar-refractivity contribution in [1.82, 2.24) is 4.90 Å². The van der Waals surface area contributed by atoms with Crippen LogP contribution in [0.5, 0.6) is 5.75 Å². The van der Waals surface area contributed by atoms with Gasteiger partial charge in [-0.05, 0) is 47.9 Å². The van der Waals surface area contributed by atoms with Crippen molar-refractivity contribution in [2.24, 2.45) is 0 Å². The maximum Gasteiger partial charge on any atom is 0.264 e. The minimum absolute atomic E-state index is 0.101. The van der Waals surface area contributed by atoms with E-state index in [1.54, 1.807) is 35.2 Å². The lowest BCUT2D eigenvalue weighted by atomic mass is 10.1. The minimum Gasteiger partial charge on any atom is -0.495 e. The lowest BCUT2D eigenvalue weighted by molar-refractivity contribution is -0.130. The van der Waals surface area contributed by atoms with E-state index in [1.165, 1.54) is 19.2 Å². The highest BCUT2D eigenvalue weighted by molar-refractivity contribution is 7.92. The monoisotopic (exact) mass is 514 g/mol. The number of benzene rings is 4. The Morgan fingerprint density at radius 2 is 1.27 bits per heavy atom. The van der Waals surface area contributed by atoms with Crippen LogP contribution in [-0.2, 0) is 27.9 Å². The van der Waals surface area contributed by atoms with Gasteiger partial charge in [0.15, 0.2) is 0 Å². The standard InChI is InChI=1S/C30H30N2O4S/c1-24-18-19-29(36-2)28(20-24)32(37(34,35)27-16-10-5-11-17-27)23-30(33)31(21-25-12-6-3-7-13-25)22-26-14-8-4-9-15-26/h3-20H,21-23H2,1-2H3. The Labute approximate surface area is 218 Å². The van der Waals surface area contributed by atoms with E-state index in [9.17, 15) is 13.2 Å². The number of carbonyl (C=O) groups is 1. The molecule has 37 heavy (non-hydrogen) atoms. The van der Waals surface area contributed by atoms with Crippen LogP contribution < -0.4 is 9.04 Å². The molecule has 4 aromatic carbocycles. The molecule has 1 amide bonds. The van der Waals surface area contributed by atoms with Crippen molar-refractivity contribution in [3.8, 4) is 5.75 Å². The molecule has 0 fully saturated rings. The van der Waals surface area contributed by atoms with Crippen LogP contribution in [0.2, 0.25) is 0 Å². The number of anilines is 1. The molecule has 4 aromatic rings. The molecule has 0 heterocycles. The van der Waals surface area contributed by atoms with Crippen molar-refractivity contribution in [1.29, 1.82) is 0 Å². The Hall–Kier alpha value is -4.10. The summed E-state index contributed by atoms with van der Waals surface area (Å²) in [6, 6.07) is 32.8. The summed E-state index contributed by atoms with van der Waals surface area (Å²) >= 11 is 0. The molecule has 0 aliphatic carbocycles. The lowest BCUT2D eigenvalue weighted by Gasteiger charge is -2.30. The van der Waals surface area contributed by atoms with Gasteiger partial charge in [0.05, 0.1) is 17.7 Å². The SMILES string of the molecule is COc1ccc(C)cc1N(CC(=O)N(Cc1ccccc1)Cc1ccccc1)S(=O)(=O)c1ccccc1. The van der Waals surface area contributed by atoms with Gasteiger partial charge in [0.2, 0.25) is 5.91 Å². The highest BCUT2D eigenvalue weighted by Crippen LogP contribution is 2.33. The molecule has 0 bridgehead atoms. The minimum atomic E-state index is -4.07. The predicted octanol–water partition coefficient (Wildman–Crippen LogP) is 5.43. The van der Waals surface area contributed by atoms with E-state index in [0.29, 0.717) is 24.5 Å². The number of sulfonamides is 1. The third-order valence-electron chi connectivity index (χ3n) is 6.00. The number of carbonyl (C=O) groups excluding carboxylic acids is 1. The van der Waals surface area contributed by atoms with Crippen LogP contribution in [0.4, 0.5) is 5.69 Å². The second kappa shape index (κ2) is 11.8. The smallest absolute Gasteiger partial charge is 0.264 e. The molecule has 4 rings (SSSR count). The topological polar surface area (TPSA) is 66.9 Å². The van der Waals surface area contributed by atoms with Gasteiger partial charge in [-0.1, -0.05) is 84.9 Å². The van der Waals surface area contributed by atoms with E-state index < -0.39 is 10.0 Å². The zero-order valence-electron chi connectivity index (χ0n) is 20.9. The summed E-state index contributed by atoms with van der Waals surface area (Å²) in [6.07, 6.45) is 0. The van der Waals surface area contributed by atoms with Gasteiger partial charge in [-0.15, -0.1) is 0 Å². The predicted molar refractivity (Wildman–Crippen MR) is 146 cm³/mol. The molecule has 0 unspecified atom stereocenters. The first-order valence-electron chi connectivity index (χ1n) is 12.0. The number of hydrogen-bond donors (Lipinski definition) is 0. The summed E-state index contributed by atoms with van der Waals surface area (Å²) in [5.74, 6) is 0.0475. The van der Waals surface area contributed by atoms with Crippen molar-refractivity contribution in [3.63, 3.8) is 0 Å². The molecule has 0 N–H and O–H groups in total. The number of rotatable bonds is 10. The molecule has 6 nitrogen and oxygen atoms in total. The Bertz CT molecular complexity index is 1390. The summed E-state index contributed by atoms with van der Waals surface area (Å²) in [6.45, 7) is 2.18. The van der Waals surface area contributed by atoms with Gasteiger partial charge in [0.25, 0.3) is 10.0 Å². The molecule has 7 heteroatoms. The number of amides is 1. The van der Waals surface area contributed by atoms with Crippen LogP contribution in [0.1, 0.15) is 16.7 Å². The van der Waals surface area contributed by atoms with E-state index in [-0.39, 0.29) is 17.3 Å². The van der Waals surface area contributed by atoms with Crippen LogP contribution >= 0.6 is 0 Å². The average Bonchev–Trinajstić information content (AvgIpc) is 2.93. The van der Waals surface area contributed by atoms with Crippen LogP contribution in [0.15, 0.2) is 114 Å². The molecule has 0 spiro atoms. The lowest BCUT2D eigenvalue weighted by Crippen LogP contribution is -2.42. The Balaban J connectivity index is 1.75. The van der Waals surface area contributed by atoms with E-state index in [0.717, 1.165) is 21.0 Å². The van der Waals surface area contributed by atoms with Crippen molar-refractivity contribution in [2.75, 3.05) is 18.0 Å². The average molecular weight is 515 g/mol. The fraction of sp³-hybridized carbons (Fsp3) is 0.167. The second-order valence-corrected chi connectivity index (χ2v) is 10.6. The second-order valence-electron chi connectivity index (χ2n) is 8.72. The van der Waals surface area contributed by atoms with Crippen molar-refractivity contribution in [2.45, 2.75) is 24.9 Å². The van der Waals surface area contributed by atoms with Gasteiger partial charge in [-0.25, -0.2) is 8.42 Å². The van der Waals surface area contributed by atoms with Crippen molar-refractivity contribution in [3.05, 3.63) is 126 Å². The van der Waals surface area contributed by atoms with Crippen LogP contribution in [-0.4, -0.2) is 32.9 Å². The normalized spacial score (nSPS) is 11.1. The van der Waals surface area contributed by atoms with Crippen LogP contribution in [0.3, 0.4) is 0 Å². The Morgan fingerprint density at radius 3 is 1.78 bits per heavy atom. The Kier molecular flexibility index (Phi) is 8.25. The molecule has 190 valence electrons. The number of ether oxygens (including phenoxy) is 1. The van der Waals surface area contributed by atoms with Gasteiger partial charge in [-0.3, -0.25) is 9.10 Å². The first-order valence-corrected chi connectivity index (χ1v) is 13.4. The van der Waals surface area contributed by atoms with Crippen molar-refractivity contribution >= 4 is 21.6 Å². The van der Waals surface area contributed by atoms with Gasteiger partial charge in [0, 0.05) is 13.1 Å². The van der Waals surface area contributed by atoms with Crippen LogP contribution in [0.25, 0.3) is 0 Å². The summed E-state index contributed by atoms with van der Waals surface area (Å²) in [5, 5.41) is 0. The molecular formula is C30H30N2O4S. The zero-order valence-corrected chi connectivity index (χ0v) is 21.8. The molecule has 0 aliphatic rings. The summed E-state index contributed by atoms with van der Waals surface area (Å²) in [5.41, 5.74) is 3.08. The van der Waals surface area contributed by atoms with E-state index >= 15 is 0 Å². The number of aryl methyl sites for hydroxylation is 1. The number of nitrogens with zero attached hydrogens (tertiary/aromatic N) is 2. The summed E-state index contributed by atoms with van der Waals surface area (Å²) in [7, 11) is -2.59. The van der Waals surface area contributed by atoms with Gasteiger partial charge >= 0.3 is 0 Å². The molecule has 0 saturated carbocycles. The van der Waals surface area contributed by atoms with Gasteiger partial charge in [-0.2, -0.15) is 0 Å². The number of hydrogen-bond acceptors (Lipinski definition) is 4. The highest BCUT2D eigenvalue weighted by Gasteiger charge is 2.31. The first kappa shape index (κ1) is 26.0. The third kappa shape index (κ3) is 6.37.